The zero-order chi connectivity index (χ0) is 20.7. The second kappa shape index (κ2) is 7.91. The average Bonchev–Trinajstić information content (AvgIpc) is 3.45. The highest BCUT2D eigenvalue weighted by molar-refractivity contribution is 6.08. The van der Waals surface area contributed by atoms with E-state index >= 15 is 4.39 Å². The lowest BCUT2D eigenvalue weighted by molar-refractivity contribution is 0.0980. The van der Waals surface area contributed by atoms with Crippen molar-refractivity contribution in [1.82, 2.24) is 4.90 Å². The number of carbonyl (C=O) groups excluding carboxylic acids is 1. The molecule has 30 heavy (non-hydrogen) atoms. The van der Waals surface area contributed by atoms with E-state index in [2.05, 4.69) is 9.80 Å². The van der Waals surface area contributed by atoms with E-state index in [1.54, 1.807) is 24.1 Å². The first-order valence-corrected chi connectivity index (χ1v) is 10.9. The maximum absolute atomic E-state index is 15.1. The Labute approximate surface area is 177 Å². The number of likely N-dealkylation sites (tertiary alicyclic amines) is 1. The molecule has 2 saturated heterocycles. The highest BCUT2D eigenvalue weighted by Gasteiger charge is 2.31. The van der Waals surface area contributed by atoms with Crippen molar-refractivity contribution in [3.63, 3.8) is 0 Å². The molecule has 0 bridgehead atoms. The molecular formula is C24H28FN3O2. The lowest BCUT2D eigenvalue weighted by Gasteiger charge is -2.30. The van der Waals surface area contributed by atoms with Gasteiger partial charge in [-0.15, -0.1) is 0 Å². The molecule has 2 aromatic rings. The Morgan fingerprint density at radius 2 is 1.87 bits per heavy atom. The highest BCUT2D eigenvalue weighted by Crippen LogP contribution is 2.32. The minimum absolute atomic E-state index is 0.0821. The molecule has 0 N–H and O–H groups in total. The molecule has 1 atom stereocenters. The summed E-state index contributed by atoms with van der Waals surface area (Å²) in [7, 11) is 1.62. The Balaban J connectivity index is 1.33. The van der Waals surface area contributed by atoms with Crippen molar-refractivity contribution >= 4 is 17.3 Å². The third-order valence-electron chi connectivity index (χ3n) is 6.80. The van der Waals surface area contributed by atoms with Gasteiger partial charge in [-0.3, -0.25) is 9.69 Å². The van der Waals surface area contributed by atoms with Gasteiger partial charge in [0.25, 0.3) is 5.91 Å². The summed E-state index contributed by atoms with van der Waals surface area (Å²) in [6.07, 6.45) is 4.37. The minimum atomic E-state index is -0.247. The number of fused-ring (bicyclic) bond motifs is 1. The molecule has 2 aromatic carbocycles. The quantitative estimate of drug-likeness (QED) is 0.771. The normalized spacial score (nSPS) is 21.9. The van der Waals surface area contributed by atoms with Crippen LogP contribution >= 0.6 is 0 Å². The SMILES string of the molecule is COc1ccc2c(c1)CCN(c1ccc(N3CC[C@@H](N4CCCC4)C3)c(F)c1)C2=O. The number of carbonyl (C=O) groups is 1. The number of hydrogen-bond acceptors (Lipinski definition) is 4. The lowest BCUT2D eigenvalue weighted by Crippen LogP contribution is -2.37. The molecule has 0 saturated carbocycles. The molecule has 158 valence electrons. The van der Waals surface area contributed by atoms with Crippen LogP contribution in [0.2, 0.25) is 0 Å². The van der Waals surface area contributed by atoms with Crippen LogP contribution in [0.5, 0.6) is 5.75 Å². The number of benzene rings is 2. The predicted octanol–water partition coefficient (Wildman–Crippen LogP) is 3.71. The summed E-state index contributed by atoms with van der Waals surface area (Å²) in [6, 6.07) is 11.3. The average molecular weight is 410 g/mol. The van der Waals surface area contributed by atoms with E-state index in [-0.39, 0.29) is 11.7 Å². The molecule has 3 heterocycles. The van der Waals surface area contributed by atoms with Crippen LogP contribution in [0.1, 0.15) is 35.2 Å². The molecule has 1 amide bonds. The van der Waals surface area contributed by atoms with Crippen molar-refractivity contribution < 1.29 is 13.9 Å². The van der Waals surface area contributed by atoms with Gasteiger partial charge in [0.1, 0.15) is 11.6 Å². The van der Waals surface area contributed by atoms with E-state index in [1.807, 2.05) is 18.2 Å². The smallest absolute Gasteiger partial charge is 0.258 e. The number of anilines is 2. The van der Waals surface area contributed by atoms with Crippen LogP contribution in [0.4, 0.5) is 15.8 Å². The maximum atomic E-state index is 15.1. The predicted molar refractivity (Wildman–Crippen MR) is 116 cm³/mol. The molecule has 0 unspecified atom stereocenters. The van der Waals surface area contributed by atoms with Gasteiger partial charge in [0.15, 0.2) is 0 Å². The molecule has 6 heteroatoms. The zero-order valence-electron chi connectivity index (χ0n) is 17.4. The monoisotopic (exact) mass is 409 g/mol. The Hall–Kier alpha value is -2.60. The Morgan fingerprint density at radius 3 is 2.63 bits per heavy atom. The summed E-state index contributed by atoms with van der Waals surface area (Å²) in [5.41, 5.74) is 2.92. The molecule has 0 spiro atoms. The van der Waals surface area contributed by atoms with Gasteiger partial charge in [-0.05, 0) is 80.7 Å². The van der Waals surface area contributed by atoms with E-state index in [1.165, 1.54) is 32.0 Å². The number of amides is 1. The molecule has 0 aromatic heterocycles. The Morgan fingerprint density at radius 1 is 1.03 bits per heavy atom. The van der Waals surface area contributed by atoms with Gasteiger partial charge in [0.2, 0.25) is 0 Å². The molecule has 2 fully saturated rings. The van der Waals surface area contributed by atoms with E-state index < -0.39 is 0 Å². The maximum Gasteiger partial charge on any atom is 0.258 e. The molecule has 3 aliphatic heterocycles. The van der Waals surface area contributed by atoms with Gasteiger partial charge in [-0.1, -0.05) is 0 Å². The number of halogens is 1. The summed E-state index contributed by atoms with van der Waals surface area (Å²) < 4.78 is 20.3. The molecule has 3 aliphatic rings. The Bertz CT molecular complexity index is 957. The van der Waals surface area contributed by atoms with Gasteiger partial charge in [0.05, 0.1) is 12.8 Å². The standard InChI is InChI=1S/C24H28FN3O2/c1-30-20-5-6-21-17(14-20)8-13-28(24(21)29)18-4-7-23(22(25)15-18)27-12-9-19(16-27)26-10-2-3-11-26/h4-7,14-15,19H,2-3,8-13,16H2,1H3/t19-/m1/s1. The highest BCUT2D eigenvalue weighted by atomic mass is 19.1. The van der Waals surface area contributed by atoms with Crippen LogP contribution in [-0.2, 0) is 6.42 Å². The van der Waals surface area contributed by atoms with E-state index in [4.69, 9.17) is 4.74 Å². The second-order valence-corrected chi connectivity index (χ2v) is 8.50. The fraction of sp³-hybridized carbons (Fsp3) is 0.458. The fourth-order valence-corrected chi connectivity index (χ4v) is 5.12. The first-order chi connectivity index (χ1) is 14.6. The largest absolute Gasteiger partial charge is 0.497 e. The van der Waals surface area contributed by atoms with Crippen molar-refractivity contribution in [2.45, 2.75) is 31.7 Å². The number of nitrogens with zero attached hydrogens (tertiary/aromatic N) is 3. The first kappa shape index (κ1) is 19.4. The summed E-state index contributed by atoms with van der Waals surface area (Å²) in [5, 5.41) is 0. The number of methoxy groups -OCH3 is 1. The second-order valence-electron chi connectivity index (χ2n) is 8.50. The topological polar surface area (TPSA) is 36.0 Å². The fourth-order valence-electron chi connectivity index (χ4n) is 5.12. The first-order valence-electron chi connectivity index (χ1n) is 10.9. The number of hydrogen-bond donors (Lipinski definition) is 0. The molecule has 0 radical (unpaired) electrons. The van der Waals surface area contributed by atoms with Crippen molar-refractivity contribution in [3.8, 4) is 5.75 Å². The third kappa shape index (κ3) is 3.43. The van der Waals surface area contributed by atoms with Gasteiger partial charge < -0.3 is 14.5 Å². The van der Waals surface area contributed by atoms with Crippen molar-refractivity contribution in [2.24, 2.45) is 0 Å². The molecule has 0 aliphatic carbocycles. The summed E-state index contributed by atoms with van der Waals surface area (Å²) in [4.78, 5) is 19.4. The van der Waals surface area contributed by atoms with Crippen LogP contribution in [0.15, 0.2) is 36.4 Å². The molecule has 5 nitrogen and oxygen atoms in total. The van der Waals surface area contributed by atoms with Crippen molar-refractivity contribution in [3.05, 3.63) is 53.3 Å². The van der Waals surface area contributed by atoms with Gasteiger partial charge in [-0.2, -0.15) is 0 Å². The lowest BCUT2D eigenvalue weighted by atomic mass is 9.98. The van der Waals surface area contributed by atoms with Gasteiger partial charge >= 0.3 is 0 Å². The van der Waals surface area contributed by atoms with Crippen LogP contribution in [0.3, 0.4) is 0 Å². The summed E-state index contributed by atoms with van der Waals surface area (Å²) in [6.45, 7) is 4.65. The minimum Gasteiger partial charge on any atom is -0.497 e. The van der Waals surface area contributed by atoms with E-state index in [9.17, 15) is 4.79 Å². The molecule has 5 rings (SSSR count). The zero-order valence-corrected chi connectivity index (χ0v) is 17.4. The van der Waals surface area contributed by atoms with Gasteiger partial charge in [0, 0.05) is 36.9 Å². The van der Waals surface area contributed by atoms with E-state index in [0.717, 1.165) is 37.2 Å². The van der Waals surface area contributed by atoms with Gasteiger partial charge in [-0.25, -0.2) is 4.39 Å². The molecular weight excluding hydrogens is 381 g/mol. The van der Waals surface area contributed by atoms with Crippen molar-refractivity contribution in [1.29, 1.82) is 0 Å². The Kier molecular flexibility index (Phi) is 5.11. The van der Waals surface area contributed by atoms with Crippen LogP contribution in [0, 0.1) is 5.82 Å². The number of rotatable bonds is 4. The van der Waals surface area contributed by atoms with Crippen LogP contribution in [0.25, 0.3) is 0 Å². The number of ether oxygens (including phenoxy) is 1. The van der Waals surface area contributed by atoms with E-state index in [0.29, 0.717) is 29.5 Å². The van der Waals surface area contributed by atoms with Crippen LogP contribution < -0.4 is 14.5 Å². The van der Waals surface area contributed by atoms with Crippen LogP contribution in [-0.4, -0.2) is 56.7 Å². The van der Waals surface area contributed by atoms with Crippen molar-refractivity contribution in [2.75, 3.05) is 49.6 Å². The summed E-state index contributed by atoms with van der Waals surface area (Å²) >= 11 is 0. The summed E-state index contributed by atoms with van der Waals surface area (Å²) in [5.74, 6) is 0.424. The third-order valence-corrected chi connectivity index (χ3v) is 6.80.